The molecule has 2 heteroatoms. The number of hydrogen-bond acceptors (Lipinski definition) is 1. The SMILES string of the molecule is O=S(C1CCCC1)C12CC(C1)C2. The highest BCUT2D eigenvalue weighted by Crippen LogP contribution is 2.62. The molecule has 68 valence electrons. The van der Waals surface area contributed by atoms with E-state index in [1.165, 1.54) is 44.9 Å². The molecule has 0 aliphatic heterocycles. The molecule has 0 radical (unpaired) electrons. The van der Waals surface area contributed by atoms with Gasteiger partial charge in [0.15, 0.2) is 0 Å². The quantitative estimate of drug-likeness (QED) is 0.643. The van der Waals surface area contributed by atoms with Gasteiger partial charge in [0, 0.05) is 20.8 Å². The average Bonchev–Trinajstić information content (AvgIpc) is 2.28. The van der Waals surface area contributed by atoms with Gasteiger partial charge in [0.25, 0.3) is 0 Å². The molecule has 0 aromatic heterocycles. The van der Waals surface area contributed by atoms with Crippen LogP contribution in [-0.4, -0.2) is 14.2 Å². The second kappa shape index (κ2) is 2.34. The van der Waals surface area contributed by atoms with E-state index in [4.69, 9.17) is 0 Å². The summed E-state index contributed by atoms with van der Waals surface area (Å²) in [7, 11) is -0.453. The summed E-state index contributed by atoms with van der Waals surface area (Å²) in [6.45, 7) is 0. The summed E-state index contributed by atoms with van der Waals surface area (Å²) in [5.41, 5.74) is 0. The lowest BCUT2D eigenvalue weighted by Gasteiger charge is -2.61. The molecule has 0 saturated heterocycles. The van der Waals surface area contributed by atoms with Crippen LogP contribution >= 0.6 is 0 Å². The fourth-order valence-electron chi connectivity index (χ4n) is 3.10. The molecule has 0 heterocycles. The lowest BCUT2D eigenvalue weighted by Crippen LogP contribution is -2.62. The van der Waals surface area contributed by atoms with E-state index < -0.39 is 10.8 Å². The Morgan fingerprint density at radius 2 is 1.67 bits per heavy atom. The molecule has 0 amide bonds. The van der Waals surface area contributed by atoms with Crippen molar-refractivity contribution in [3.05, 3.63) is 0 Å². The van der Waals surface area contributed by atoms with E-state index in [1.54, 1.807) is 0 Å². The van der Waals surface area contributed by atoms with Crippen LogP contribution in [0.15, 0.2) is 0 Å². The van der Waals surface area contributed by atoms with Gasteiger partial charge in [-0.05, 0) is 38.0 Å². The van der Waals surface area contributed by atoms with E-state index in [9.17, 15) is 4.21 Å². The van der Waals surface area contributed by atoms with Gasteiger partial charge in [-0.25, -0.2) is 0 Å². The van der Waals surface area contributed by atoms with Crippen LogP contribution < -0.4 is 0 Å². The Kier molecular flexibility index (Phi) is 1.47. The third-order valence-corrected chi connectivity index (χ3v) is 6.44. The van der Waals surface area contributed by atoms with E-state index in [2.05, 4.69) is 0 Å². The van der Waals surface area contributed by atoms with Gasteiger partial charge in [0.05, 0.1) is 0 Å². The van der Waals surface area contributed by atoms with Crippen LogP contribution in [0.25, 0.3) is 0 Å². The normalized spacial score (nSPS) is 48.2. The molecule has 4 fully saturated rings. The van der Waals surface area contributed by atoms with Crippen molar-refractivity contribution in [2.75, 3.05) is 0 Å². The van der Waals surface area contributed by atoms with Gasteiger partial charge < -0.3 is 0 Å². The van der Waals surface area contributed by atoms with Crippen molar-refractivity contribution in [3.63, 3.8) is 0 Å². The Balaban J connectivity index is 1.71. The van der Waals surface area contributed by atoms with Gasteiger partial charge in [-0.15, -0.1) is 0 Å². The maximum Gasteiger partial charge on any atom is 0.0470 e. The average molecular weight is 184 g/mol. The molecule has 0 aromatic rings. The first-order valence-electron chi connectivity index (χ1n) is 5.21. The van der Waals surface area contributed by atoms with Crippen LogP contribution in [0.2, 0.25) is 0 Å². The molecular formula is C10H16OS. The third kappa shape index (κ3) is 0.822. The maximum atomic E-state index is 12.1. The maximum absolute atomic E-state index is 12.1. The Hall–Kier alpha value is 0.150. The number of rotatable bonds is 2. The second-order valence-electron chi connectivity index (χ2n) is 4.87. The van der Waals surface area contributed by atoms with Gasteiger partial charge in [0.2, 0.25) is 0 Å². The highest BCUT2D eigenvalue weighted by Gasteiger charge is 2.61. The van der Waals surface area contributed by atoms with Crippen molar-refractivity contribution in [1.29, 1.82) is 0 Å². The highest BCUT2D eigenvalue weighted by atomic mass is 32.2. The van der Waals surface area contributed by atoms with Crippen LogP contribution in [0.1, 0.15) is 44.9 Å². The van der Waals surface area contributed by atoms with Crippen molar-refractivity contribution < 1.29 is 4.21 Å². The summed E-state index contributed by atoms with van der Waals surface area (Å²) in [5.74, 6) is 0.982. The number of hydrogen-bond donors (Lipinski definition) is 0. The Labute approximate surface area is 76.4 Å². The van der Waals surface area contributed by atoms with Crippen molar-refractivity contribution >= 4 is 10.8 Å². The zero-order chi connectivity index (χ0) is 8.18. The molecule has 0 spiro atoms. The van der Waals surface area contributed by atoms with Crippen LogP contribution in [0.5, 0.6) is 0 Å². The predicted octanol–water partition coefficient (Wildman–Crippen LogP) is 2.23. The molecule has 4 rings (SSSR count). The standard InChI is InChI=1S/C10H16OS/c11-12(9-3-1-2-4-9)10-5-8(6-10)7-10/h8-9H,1-7H2. The molecule has 0 aromatic carbocycles. The molecule has 0 N–H and O–H groups in total. The molecule has 1 atom stereocenters. The van der Waals surface area contributed by atoms with Crippen LogP contribution in [0, 0.1) is 5.92 Å². The Bertz CT molecular complexity index is 213. The first-order chi connectivity index (χ1) is 5.80. The summed E-state index contributed by atoms with van der Waals surface area (Å²) in [4.78, 5) is 0. The van der Waals surface area contributed by atoms with Crippen LogP contribution in [0.4, 0.5) is 0 Å². The molecule has 4 aliphatic carbocycles. The topological polar surface area (TPSA) is 17.1 Å². The molecular weight excluding hydrogens is 168 g/mol. The van der Waals surface area contributed by atoms with Crippen molar-refractivity contribution in [1.82, 2.24) is 0 Å². The van der Waals surface area contributed by atoms with E-state index in [0.717, 1.165) is 5.92 Å². The Morgan fingerprint density at radius 1 is 1.08 bits per heavy atom. The molecule has 4 aliphatic rings. The van der Waals surface area contributed by atoms with Gasteiger partial charge in [0.1, 0.15) is 0 Å². The van der Waals surface area contributed by atoms with E-state index in [1.807, 2.05) is 0 Å². The summed E-state index contributed by atoms with van der Waals surface area (Å²) in [5, 5.41) is 0.589. The van der Waals surface area contributed by atoms with Gasteiger partial charge in [-0.1, -0.05) is 12.8 Å². The lowest BCUT2D eigenvalue weighted by molar-refractivity contribution is 0.0524. The fraction of sp³-hybridized carbons (Fsp3) is 1.00. The minimum Gasteiger partial charge on any atom is -0.259 e. The van der Waals surface area contributed by atoms with E-state index >= 15 is 0 Å². The second-order valence-corrected chi connectivity index (χ2v) is 6.99. The van der Waals surface area contributed by atoms with Gasteiger partial charge in [-0.3, -0.25) is 4.21 Å². The van der Waals surface area contributed by atoms with Crippen molar-refractivity contribution in [2.24, 2.45) is 5.92 Å². The highest BCUT2D eigenvalue weighted by molar-refractivity contribution is 7.87. The van der Waals surface area contributed by atoms with E-state index in [-0.39, 0.29) is 0 Å². The summed E-state index contributed by atoms with van der Waals surface area (Å²) in [6, 6.07) is 0. The summed E-state index contributed by atoms with van der Waals surface area (Å²) < 4.78 is 12.5. The van der Waals surface area contributed by atoms with Crippen molar-refractivity contribution in [2.45, 2.75) is 54.9 Å². The first kappa shape index (κ1) is 7.54. The Morgan fingerprint density at radius 3 is 2.08 bits per heavy atom. The van der Waals surface area contributed by atoms with Crippen LogP contribution in [0.3, 0.4) is 0 Å². The first-order valence-corrected chi connectivity index (χ1v) is 6.42. The molecule has 2 bridgehead atoms. The third-order valence-electron chi connectivity index (χ3n) is 4.01. The molecule has 4 saturated carbocycles. The zero-order valence-electron chi connectivity index (χ0n) is 7.42. The zero-order valence-corrected chi connectivity index (χ0v) is 8.24. The van der Waals surface area contributed by atoms with Gasteiger partial charge >= 0.3 is 0 Å². The monoisotopic (exact) mass is 184 g/mol. The summed E-state index contributed by atoms with van der Waals surface area (Å²) in [6.07, 6.45) is 9.06. The molecule has 1 nitrogen and oxygen atoms in total. The fourth-order valence-corrected chi connectivity index (χ4v) is 5.77. The molecule has 12 heavy (non-hydrogen) atoms. The van der Waals surface area contributed by atoms with Crippen LogP contribution in [-0.2, 0) is 10.8 Å². The predicted molar refractivity (Wildman–Crippen MR) is 50.5 cm³/mol. The summed E-state index contributed by atoms with van der Waals surface area (Å²) >= 11 is 0. The minimum absolute atomic E-state index is 0.361. The smallest absolute Gasteiger partial charge is 0.0470 e. The molecule has 1 unspecified atom stereocenters. The van der Waals surface area contributed by atoms with Gasteiger partial charge in [-0.2, -0.15) is 0 Å². The minimum atomic E-state index is -0.453. The van der Waals surface area contributed by atoms with Crippen molar-refractivity contribution in [3.8, 4) is 0 Å². The van der Waals surface area contributed by atoms with E-state index in [0.29, 0.717) is 10.00 Å². The lowest BCUT2D eigenvalue weighted by atomic mass is 9.55. The largest absolute Gasteiger partial charge is 0.259 e.